The molecule has 0 unspecified atom stereocenters. The molecule has 42 valence electrons. The normalized spacial score (nSPS) is 6.29. The van der Waals surface area contributed by atoms with Crippen molar-refractivity contribution in [2.24, 2.45) is 0 Å². The summed E-state index contributed by atoms with van der Waals surface area (Å²) in [6, 6.07) is 0. The summed E-state index contributed by atoms with van der Waals surface area (Å²) in [4.78, 5) is 0. The second kappa shape index (κ2) is 17.9. The van der Waals surface area contributed by atoms with Crippen LogP contribution in [0, 0.1) is 12.8 Å². The standard InChI is InChI=1S/C3H8O2.C2H2/c1-5-3-2-4;1-2/h4H,2-3H2,1H3;1-2H. The lowest BCUT2D eigenvalue weighted by atomic mass is 10.8. The van der Waals surface area contributed by atoms with Crippen molar-refractivity contribution in [3.63, 3.8) is 0 Å². The van der Waals surface area contributed by atoms with E-state index in [1.807, 2.05) is 0 Å². The van der Waals surface area contributed by atoms with Crippen LogP contribution in [0.25, 0.3) is 0 Å². The maximum absolute atomic E-state index is 7.94. The second-order valence-electron chi connectivity index (χ2n) is 0.716. The van der Waals surface area contributed by atoms with E-state index in [4.69, 9.17) is 5.11 Å². The van der Waals surface area contributed by atoms with Crippen LogP contribution in [-0.2, 0) is 4.74 Å². The lowest BCUT2D eigenvalue weighted by molar-refractivity contribution is 0.135. The summed E-state index contributed by atoms with van der Waals surface area (Å²) < 4.78 is 4.44. The minimum absolute atomic E-state index is 0.122. The molecule has 0 aromatic heterocycles. The predicted molar refractivity (Wildman–Crippen MR) is 28.9 cm³/mol. The molecule has 0 bridgehead atoms. The molecule has 1 N–H and O–H groups in total. The number of methoxy groups -OCH3 is 1. The number of terminal acetylenes is 1. The minimum Gasteiger partial charge on any atom is -0.394 e. The van der Waals surface area contributed by atoms with E-state index in [1.54, 1.807) is 7.11 Å². The lowest BCUT2D eigenvalue weighted by Crippen LogP contribution is -1.91. The van der Waals surface area contributed by atoms with Gasteiger partial charge in [0.15, 0.2) is 0 Å². The summed E-state index contributed by atoms with van der Waals surface area (Å²) in [5.74, 6) is 0. The number of aliphatic hydroxyl groups is 1. The first kappa shape index (κ1) is 9.70. The third kappa shape index (κ3) is 30.3. The molecule has 0 aliphatic rings. The Labute approximate surface area is 44.1 Å². The van der Waals surface area contributed by atoms with E-state index < -0.39 is 0 Å². The van der Waals surface area contributed by atoms with Crippen molar-refractivity contribution in [3.05, 3.63) is 0 Å². The molecular formula is C5H10O2. The fraction of sp³-hybridized carbons (Fsp3) is 0.600. The Hall–Kier alpha value is -0.520. The first-order valence-corrected chi connectivity index (χ1v) is 1.85. The van der Waals surface area contributed by atoms with Crippen molar-refractivity contribution < 1.29 is 9.84 Å². The van der Waals surface area contributed by atoms with E-state index in [0.29, 0.717) is 6.61 Å². The van der Waals surface area contributed by atoms with Crippen LogP contribution in [0.15, 0.2) is 0 Å². The Balaban J connectivity index is 0. The minimum atomic E-state index is 0.122. The predicted octanol–water partition coefficient (Wildman–Crippen LogP) is -0.126. The molecule has 0 saturated carbocycles. The van der Waals surface area contributed by atoms with Crippen molar-refractivity contribution in [3.8, 4) is 12.8 Å². The molecule has 2 heteroatoms. The van der Waals surface area contributed by atoms with Crippen molar-refractivity contribution >= 4 is 0 Å². The van der Waals surface area contributed by atoms with Crippen molar-refractivity contribution in [1.29, 1.82) is 0 Å². The van der Waals surface area contributed by atoms with Gasteiger partial charge in [-0.1, -0.05) is 0 Å². The molecule has 0 atom stereocenters. The molecule has 2 nitrogen and oxygen atoms in total. The van der Waals surface area contributed by atoms with Gasteiger partial charge < -0.3 is 9.84 Å². The van der Waals surface area contributed by atoms with E-state index in [1.165, 1.54) is 0 Å². The van der Waals surface area contributed by atoms with Crippen LogP contribution >= 0.6 is 0 Å². The average molecular weight is 102 g/mol. The highest BCUT2D eigenvalue weighted by atomic mass is 16.5. The van der Waals surface area contributed by atoms with Gasteiger partial charge in [0.25, 0.3) is 0 Å². The summed E-state index contributed by atoms with van der Waals surface area (Å²) in [5.41, 5.74) is 0. The molecule has 0 heterocycles. The van der Waals surface area contributed by atoms with Crippen LogP contribution in [-0.4, -0.2) is 25.4 Å². The van der Waals surface area contributed by atoms with Gasteiger partial charge in [-0.15, -0.1) is 12.8 Å². The maximum Gasteiger partial charge on any atom is 0.0693 e. The molecule has 0 aliphatic carbocycles. The Morgan fingerprint density at radius 2 is 2.00 bits per heavy atom. The SMILES string of the molecule is C#C.COCCO. The Kier molecular flexibility index (Phi) is 24.8. The van der Waals surface area contributed by atoms with Gasteiger partial charge in [-0.25, -0.2) is 0 Å². The van der Waals surface area contributed by atoms with Crippen LogP contribution in [0.3, 0.4) is 0 Å². The van der Waals surface area contributed by atoms with Gasteiger partial charge in [-0.05, 0) is 0 Å². The monoisotopic (exact) mass is 102 g/mol. The molecule has 0 saturated heterocycles. The van der Waals surface area contributed by atoms with Crippen LogP contribution in [0.1, 0.15) is 0 Å². The average Bonchev–Trinajstić information content (AvgIpc) is 1.75. The fourth-order valence-electron chi connectivity index (χ4n) is 0.0913. The van der Waals surface area contributed by atoms with E-state index in [0.717, 1.165) is 0 Å². The molecule has 0 rings (SSSR count). The first-order valence-electron chi connectivity index (χ1n) is 1.85. The number of hydrogen-bond acceptors (Lipinski definition) is 2. The van der Waals surface area contributed by atoms with Gasteiger partial charge in [-0.2, -0.15) is 0 Å². The smallest absolute Gasteiger partial charge is 0.0693 e. The number of aliphatic hydroxyl groups excluding tert-OH is 1. The van der Waals surface area contributed by atoms with Crippen LogP contribution in [0.5, 0.6) is 0 Å². The zero-order valence-electron chi connectivity index (χ0n) is 4.42. The molecule has 0 fully saturated rings. The van der Waals surface area contributed by atoms with Crippen LogP contribution in [0.4, 0.5) is 0 Å². The Morgan fingerprint density at radius 3 is 2.00 bits per heavy atom. The molecule has 0 radical (unpaired) electrons. The largest absolute Gasteiger partial charge is 0.394 e. The van der Waals surface area contributed by atoms with Crippen molar-refractivity contribution in [1.82, 2.24) is 0 Å². The summed E-state index contributed by atoms with van der Waals surface area (Å²) in [6.07, 6.45) is 8.00. The Morgan fingerprint density at radius 1 is 1.57 bits per heavy atom. The Bertz CT molecular complexity index is 30.3. The molecule has 0 amide bonds. The van der Waals surface area contributed by atoms with E-state index in [9.17, 15) is 0 Å². The van der Waals surface area contributed by atoms with Crippen molar-refractivity contribution in [2.75, 3.05) is 20.3 Å². The van der Waals surface area contributed by atoms with Gasteiger partial charge in [0, 0.05) is 7.11 Å². The first-order chi connectivity index (χ1) is 3.41. The van der Waals surface area contributed by atoms with Gasteiger partial charge >= 0.3 is 0 Å². The number of rotatable bonds is 2. The second-order valence-corrected chi connectivity index (χ2v) is 0.716. The van der Waals surface area contributed by atoms with Gasteiger partial charge in [0.2, 0.25) is 0 Å². The summed E-state index contributed by atoms with van der Waals surface area (Å²) in [6.45, 7) is 0.566. The molecular weight excluding hydrogens is 92.1 g/mol. The summed E-state index contributed by atoms with van der Waals surface area (Å²) in [5, 5.41) is 7.94. The highest BCUT2D eigenvalue weighted by molar-refractivity contribution is 4.47. The zero-order chi connectivity index (χ0) is 6.12. The van der Waals surface area contributed by atoms with Crippen LogP contribution < -0.4 is 0 Å². The molecule has 0 aromatic rings. The quantitative estimate of drug-likeness (QED) is 0.492. The third-order valence-electron chi connectivity index (χ3n) is 0.295. The molecule has 7 heavy (non-hydrogen) atoms. The summed E-state index contributed by atoms with van der Waals surface area (Å²) in [7, 11) is 1.55. The number of hydrogen-bond donors (Lipinski definition) is 1. The van der Waals surface area contributed by atoms with Gasteiger partial charge in [0.1, 0.15) is 0 Å². The van der Waals surface area contributed by atoms with Crippen LogP contribution in [0.2, 0.25) is 0 Å². The highest BCUT2D eigenvalue weighted by Crippen LogP contribution is 1.56. The third-order valence-corrected chi connectivity index (χ3v) is 0.295. The van der Waals surface area contributed by atoms with Gasteiger partial charge in [0.05, 0.1) is 13.2 Å². The maximum atomic E-state index is 7.94. The zero-order valence-corrected chi connectivity index (χ0v) is 4.42. The van der Waals surface area contributed by atoms with E-state index in [2.05, 4.69) is 17.6 Å². The summed E-state index contributed by atoms with van der Waals surface area (Å²) >= 11 is 0. The van der Waals surface area contributed by atoms with Gasteiger partial charge in [-0.3, -0.25) is 0 Å². The topological polar surface area (TPSA) is 29.5 Å². The fourth-order valence-corrected chi connectivity index (χ4v) is 0.0913. The molecule has 0 aliphatic heterocycles. The lowest BCUT2D eigenvalue weighted by Gasteiger charge is -1.84. The van der Waals surface area contributed by atoms with Crippen molar-refractivity contribution in [2.45, 2.75) is 0 Å². The molecule has 0 aromatic carbocycles. The molecule has 0 spiro atoms. The van der Waals surface area contributed by atoms with E-state index >= 15 is 0 Å². The highest BCUT2D eigenvalue weighted by Gasteiger charge is 1.67. The number of ether oxygens (including phenoxy) is 1. The van der Waals surface area contributed by atoms with E-state index in [-0.39, 0.29) is 6.61 Å².